The molecular weight excluding hydrogens is 310 g/mol. The van der Waals surface area contributed by atoms with E-state index in [0.717, 1.165) is 30.4 Å². The van der Waals surface area contributed by atoms with Gasteiger partial charge in [0.2, 0.25) is 5.91 Å². The van der Waals surface area contributed by atoms with E-state index in [-0.39, 0.29) is 11.8 Å². The predicted molar refractivity (Wildman–Crippen MR) is 75.9 cm³/mol. The Kier molecular flexibility index (Phi) is 5.01. The van der Waals surface area contributed by atoms with Gasteiger partial charge in [-0.3, -0.25) is 9.59 Å². The summed E-state index contributed by atoms with van der Waals surface area (Å²) in [5.41, 5.74) is 0.497. The first-order chi connectivity index (χ1) is 9.16. The minimum Gasteiger partial charge on any atom is -0.356 e. The standard InChI is InChI=1S/C13H18BrN3O2/c14-10-8-11(16-9-10)13(19)15-5-4-12(18)17-6-2-1-3-7-17/h8-9,16H,1-7H2,(H,15,19). The first-order valence-corrected chi connectivity index (χ1v) is 7.36. The maximum atomic E-state index is 11.9. The van der Waals surface area contributed by atoms with Gasteiger partial charge in [-0.2, -0.15) is 0 Å². The number of hydrogen-bond acceptors (Lipinski definition) is 2. The van der Waals surface area contributed by atoms with E-state index < -0.39 is 0 Å². The summed E-state index contributed by atoms with van der Waals surface area (Å²) in [7, 11) is 0. The number of rotatable bonds is 4. The summed E-state index contributed by atoms with van der Waals surface area (Å²) in [6.07, 6.45) is 5.47. The first-order valence-electron chi connectivity index (χ1n) is 6.57. The molecule has 1 aromatic heterocycles. The number of piperidine rings is 1. The molecular formula is C13H18BrN3O2. The van der Waals surface area contributed by atoms with Crippen molar-refractivity contribution in [3.8, 4) is 0 Å². The lowest BCUT2D eigenvalue weighted by Gasteiger charge is -2.26. The maximum absolute atomic E-state index is 11.9. The number of nitrogens with zero attached hydrogens (tertiary/aromatic N) is 1. The van der Waals surface area contributed by atoms with E-state index in [4.69, 9.17) is 0 Å². The van der Waals surface area contributed by atoms with Crippen molar-refractivity contribution in [3.63, 3.8) is 0 Å². The Morgan fingerprint density at radius 2 is 2.05 bits per heavy atom. The summed E-state index contributed by atoms with van der Waals surface area (Å²) in [6, 6.07) is 1.71. The van der Waals surface area contributed by atoms with Crippen LogP contribution in [0.25, 0.3) is 0 Å². The molecule has 0 spiro atoms. The number of amides is 2. The van der Waals surface area contributed by atoms with Gasteiger partial charge in [0.05, 0.1) is 0 Å². The van der Waals surface area contributed by atoms with Crippen molar-refractivity contribution in [2.45, 2.75) is 25.7 Å². The highest BCUT2D eigenvalue weighted by atomic mass is 79.9. The molecule has 0 aliphatic carbocycles. The van der Waals surface area contributed by atoms with Crippen LogP contribution in [-0.4, -0.2) is 41.3 Å². The number of aromatic amines is 1. The Morgan fingerprint density at radius 1 is 1.32 bits per heavy atom. The van der Waals surface area contributed by atoms with Crippen LogP contribution in [0, 0.1) is 0 Å². The molecule has 104 valence electrons. The lowest BCUT2D eigenvalue weighted by molar-refractivity contribution is -0.131. The predicted octanol–water partition coefficient (Wildman–Crippen LogP) is 1.91. The molecule has 0 bridgehead atoms. The number of hydrogen-bond donors (Lipinski definition) is 2. The van der Waals surface area contributed by atoms with E-state index in [9.17, 15) is 9.59 Å². The molecule has 2 heterocycles. The number of carbonyl (C=O) groups is 2. The van der Waals surface area contributed by atoms with Crippen LogP contribution in [0.4, 0.5) is 0 Å². The summed E-state index contributed by atoms with van der Waals surface area (Å²) < 4.78 is 0.835. The monoisotopic (exact) mass is 327 g/mol. The van der Waals surface area contributed by atoms with Gasteiger partial charge in [0.1, 0.15) is 5.69 Å². The van der Waals surface area contributed by atoms with Gasteiger partial charge in [-0.25, -0.2) is 0 Å². The highest BCUT2D eigenvalue weighted by Crippen LogP contribution is 2.11. The molecule has 6 heteroatoms. The van der Waals surface area contributed by atoms with Crippen LogP contribution in [0.1, 0.15) is 36.2 Å². The highest BCUT2D eigenvalue weighted by Gasteiger charge is 2.16. The van der Waals surface area contributed by atoms with Crippen molar-refractivity contribution in [2.24, 2.45) is 0 Å². The molecule has 0 atom stereocenters. The zero-order valence-electron chi connectivity index (χ0n) is 10.7. The SMILES string of the molecule is O=C(NCCC(=O)N1CCCCC1)c1cc(Br)c[nH]1. The second kappa shape index (κ2) is 6.75. The topological polar surface area (TPSA) is 65.2 Å². The zero-order valence-corrected chi connectivity index (χ0v) is 12.3. The molecule has 1 fully saturated rings. The molecule has 1 aliphatic heterocycles. The summed E-state index contributed by atoms with van der Waals surface area (Å²) in [6.45, 7) is 2.09. The Bertz CT molecular complexity index is 452. The molecule has 0 saturated carbocycles. The van der Waals surface area contributed by atoms with Crippen molar-refractivity contribution in [2.75, 3.05) is 19.6 Å². The maximum Gasteiger partial charge on any atom is 0.267 e. The largest absolute Gasteiger partial charge is 0.356 e. The summed E-state index contributed by atoms with van der Waals surface area (Å²) in [5, 5.41) is 2.74. The van der Waals surface area contributed by atoms with Gasteiger partial charge in [-0.15, -0.1) is 0 Å². The molecule has 0 radical (unpaired) electrons. The summed E-state index contributed by atoms with van der Waals surface area (Å²) >= 11 is 3.27. The fourth-order valence-corrected chi connectivity index (χ4v) is 2.52. The molecule has 0 unspecified atom stereocenters. The number of nitrogens with one attached hydrogen (secondary N) is 2. The summed E-state index contributed by atoms with van der Waals surface area (Å²) in [5.74, 6) is -0.0511. The third kappa shape index (κ3) is 4.09. The quantitative estimate of drug-likeness (QED) is 0.887. The van der Waals surface area contributed by atoms with E-state index in [1.54, 1.807) is 12.3 Å². The fourth-order valence-electron chi connectivity index (χ4n) is 2.18. The van der Waals surface area contributed by atoms with Crippen molar-refractivity contribution in [1.82, 2.24) is 15.2 Å². The molecule has 2 N–H and O–H groups in total. The number of carbonyl (C=O) groups excluding carboxylic acids is 2. The molecule has 0 aromatic carbocycles. The molecule has 1 aliphatic rings. The number of H-pyrrole nitrogens is 1. The Hall–Kier alpha value is -1.30. The Balaban J connectivity index is 1.71. The van der Waals surface area contributed by atoms with Crippen LogP contribution in [0.3, 0.4) is 0 Å². The van der Waals surface area contributed by atoms with Crippen LogP contribution in [0.15, 0.2) is 16.7 Å². The minimum absolute atomic E-state index is 0.132. The van der Waals surface area contributed by atoms with Gasteiger partial charge in [0.15, 0.2) is 0 Å². The van der Waals surface area contributed by atoms with Crippen LogP contribution in [-0.2, 0) is 4.79 Å². The van der Waals surface area contributed by atoms with Crippen molar-refractivity contribution < 1.29 is 9.59 Å². The Labute approximate surface area is 120 Å². The van der Waals surface area contributed by atoms with Crippen LogP contribution in [0.2, 0.25) is 0 Å². The molecule has 1 aromatic rings. The van der Waals surface area contributed by atoms with Gasteiger partial charge < -0.3 is 15.2 Å². The van der Waals surface area contributed by atoms with Crippen molar-refractivity contribution >= 4 is 27.7 Å². The van der Waals surface area contributed by atoms with Gasteiger partial charge in [0, 0.05) is 36.7 Å². The van der Waals surface area contributed by atoms with E-state index in [1.807, 2.05) is 4.90 Å². The molecule has 1 saturated heterocycles. The third-order valence-electron chi connectivity index (χ3n) is 3.23. The molecule has 5 nitrogen and oxygen atoms in total. The molecule has 2 amide bonds. The summed E-state index contributed by atoms with van der Waals surface area (Å²) in [4.78, 5) is 28.3. The minimum atomic E-state index is -0.183. The van der Waals surface area contributed by atoms with Gasteiger partial charge in [0.25, 0.3) is 5.91 Å². The molecule has 2 rings (SSSR count). The Morgan fingerprint density at radius 3 is 2.68 bits per heavy atom. The van der Waals surface area contributed by atoms with Gasteiger partial charge in [-0.1, -0.05) is 0 Å². The van der Waals surface area contributed by atoms with E-state index in [1.165, 1.54) is 6.42 Å². The average Bonchev–Trinajstić information content (AvgIpc) is 2.86. The highest BCUT2D eigenvalue weighted by molar-refractivity contribution is 9.10. The second-order valence-corrected chi connectivity index (χ2v) is 5.59. The normalized spacial score (nSPS) is 15.3. The van der Waals surface area contributed by atoms with Crippen LogP contribution in [0.5, 0.6) is 0 Å². The molecule has 19 heavy (non-hydrogen) atoms. The van der Waals surface area contributed by atoms with Crippen molar-refractivity contribution in [1.29, 1.82) is 0 Å². The van der Waals surface area contributed by atoms with Crippen molar-refractivity contribution in [3.05, 3.63) is 22.4 Å². The fraction of sp³-hybridized carbons (Fsp3) is 0.538. The number of halogens is 1. The van der Waals surface area contributed by atoms with Crippen LogP contribution < -0.4 is 5.32 Å². The van der Waals surface area contributed by atoms with E-state index in [0.29, 0.717) is 18.7 Å². The third-order valence-corrected chi connectivity index (χ3v) is 3.68. The smallest absolute Gasteiger partial charge is 0.267 e. The number of likely N-dealkylation sites (tertiary alicyclic amines) is 1. The van der Waals surface area contributed by atoms with E-state index in [2.05, 4.69) is 26.2 Å². The first kappa shape index (κ1) is 14.1. The lowest BCUT2D eigenvalue weighted by Crippen LogP contribution is -2.37. The average molecular weight is 328 g/mol. The second-order valence-electron chi connectivity index (χ2n) is 4.68. The van der Waals surface area contributed by atoms with Crippen LogP contribution >= 0.6 is 15.9 Å². The lowest BCUT2D eigenvalue weighted by atomic mass is 10.1. The van der Waals surface area contributed by atoms with E-state index >= 15 is 0 Å². The number of aromatic nitrogens is 1. The van der Waals surface area contributed by atoms with Gasteiger partial charge in [-0.05, 0) is 41.3 Å². The zero-order chi connectivity index (χ0) is 13.7. The van der Waals surface area contributed by atoms with Gasteiger partial charge >= 0.3 is 0 Å².